The number of aromatic nitrogens is 1. The monoisotopic (exact) mass is 426 g/mol. The van der Waals surface area contributed by atoms with E-state index in [2.05, 4.69) is 12.6 Å². The fourth-order valence-corrected chi connectivity index (χ4v) is 4.12. The van der Waals surface area contributed by atoms with Crippen LogP contribution >= 0.6 is 0 Å². The minimum Gasteiger partial charge on any atom is -0.417 e. The summed E-state index contributed by atoms with van der Waals surface area (Å²) >= 11 is 0. The van der Waals surface area contributed by atoms with Gasteiger partial charge in [0.2, 0.25) is 0 Å². The Morgan fingerprint density at radius 1 is 1.00 bits per heavy atom. The van der Waals surface area contributed by atoms with Gasteiger partial charge in [-0.3, -0.25) is 4.90 Å². The highest BCUT2D eigenvalue weighted by Crippen LogP contribution is 2.38. The van der Waals surface area contributed by atoms with E-state index < -0.39 is 6.09 Å². The third kappa shape index (κ3) is 3.97. The molecule has 0 aliphatic rings. The Morgan fingerprint density at radius 3 is 2.28 bits per heavy atom. The van der Waals surface area contributed by atoms with E-state index >= 15 is 0 Å². The normalized spacial score (nSPS) is 11.7. The van der Waals surface area contributed by atoms with Crippen LogP contribution in [0.3, 0.4) is 0 Å². The highest BCUT2D eigenvalue weighted by atomic mass is 16.6. The van der Waals surface area contributed by atoms with Crippen molar-refractivity contribution in [3.63, 3.8) is 0 Å². The van der Waals surface area contributed by atoms with Crippen LogP contribution in [0.25, 0.3) is 10.9 Å². The van der Waals surface area contributed by atoms with Gasteiger partial charge in [0, 0.05) is 24.4 Å². The number of para-hydroxylation sites is 2. The minimum atomic E-state index is -0.441. The number of nitrogens with zero attached hydrogens (tertiary/aromatic N) is 2. The summed E-state index contributed by atoms with van der Waals surface area (Å²) in [5.41, 5.74) is 3.84. The fourth-order valence-electron chi connectivity index (χ4n) is 4.12. The maximum absolute atomic E-state index is 13.2. The van der Waals surface area contributed by atoms with E-state index in [1.807, 2.05) is 77.5 Å². The number of hydrogen-bond donors (Lipinski definition) is 0. The Morgan fingerprint density at radius 2 is 1.62 bits per heavy atom. The molecule has 162 valence electrons. The molecule has 0 saturated heterocycles. The van der Waals surface area contributed by atoms with Crippen LogP contribution in [-0.4, -0.2) is 29.9 Å². The Labute approximate surface area is 188 Å². The first kappa shape index (κ1) is 21.2. The lowest BCUT2D eigenvalue weighted by Gasteiger charge is -2.29. The molecule has 0 spiro atoms. The Hall–Kier alpha value is -3.99. The van der Waals surface area contributed by atoms with Gasteiger partial charge in [-0.05, 0) is 23.8 Å². The van der Waals surface area contributed by atoms with Crippen LogP contribution < -0.4 is 9.57 Å². The summed E-state index contributed by atoms with van der Waals surface area (Å²) in [6.45, 7) is 3.94. The molecule has 1 amide bonds. The summed E-state index contributed by atoms with van der Waals surface area (Å²) in [6.07, 6.45) is 1.99. The molecule has 4 aromatic rings. The van der Waals surface area contributed by atoms with Crippen LogP contribution in [0, 0.1) is 0 Å². The molecular weight excluding hydrogens is 400 g/mol. The summed E-state index contributed by atoms with van der Waals surface area (Å²) in [5.74, 6) is 0.502. The van der Waals surface area contributed by atoms with Gasteiger partial charge >= 0.3 is 6.09 Å². The fraction of sp³-hybridized carbons (Fsp3) is 0.148. The molecule has 5 heteroatoms. The molecule has 0 fully saturated rings. The molecule has 0 saturated carbocycles. The maximum Gasteiger partial charge on any atom is 0.415 e. The quantitative estimate of drug-likeness (QED) is 0.359. The van der Waals surface area contributed by atoms with E-state index in [1.54, 1.807) is 31.2 Å². The molecule has 0 bridgehead atoms. The molecule has 0 aliphatic carbocycles. The molecule has 1 heterocycles. The van der Waals surface area contributed by atoms with E-state index in [4.69, 9.17) is 9.57 Å². The van der Waals surface area contributed by atoms with Gasteiger partial charge in [-0.15, -0.1) is 6.58 Å². The lowest BCUT2D eigenvalue weighted by atomic mass is 9.94. The molecule has 0 radical (unpaired) electrons. The van der Waals surface area contributed by atoms with Gasteiger partial charge in [-0.2, -0.15) is 4.73 Å². The second-order valence-electron chi connectivity index (χ2n) is 7.45. The zero-order chi connectivity index (χ0) is 22.5. The van der Waals surface area contributed by atoms with Crippen molar-refractivity contribution in [1.82, 2.24) is 9.63 Å². The van der Waals surface area contributed by atoms with E-state index in [-0.39, 0.29) is 6.04 Å². The van der Waals surface area contributed by atoms with Crippen LogP contribution in [0.5, 0.6) is 5.75 Å². The lowest BCUT2D eigenvalue weighted by Crippen LogP contribution is -2.34. The molecule has 3 aromatic carbocycles. The number of carbonyl (C=O) groups excluding carboxylic acids is 1. The van der Waals surface area contributed by atoms with Crippen molar-refractivity contribution in [2.75, 3.05) is 14.2 Å². The van der Waals surface area contributed by atoms with E-state index in [0.29, 0.717) is 12.2 Å². The third-order valence-electron chi connectivity index (χ3n) is 5.50. The van der Waals surface area contributed by atoms with Gasteiger partial charge in [-0.1, -0.05) is 72.8 Å². The molecule has 0 aliphatic heterocycles. The van der Waals surface area contributed by atoms with Gasteiger partial charge in [0.25, 0.3) is 0 Å². The second-order valence-corrected chi connectivity index (χ2v) is 7.45. The number of hydrogen-bond acceptors (Lipinski definition) is 3. The highest BCUT2D eigenvalue weighted by molar-refractivity contribution is 5.87. The molecule has 4 rings (SSSR count). The van der Waals surface area contributed by atoms with Crippen molar-refractivity contribution in [3.05, 3.63) is 114 Å². The highest BCUT2D eigenvalue weighted by Gasteiger charge is 2.31. The molecule has 1 unspecified atom stereocenters. The summed E-state index contributed by atoms with van der Waals surface area (Å²) < 4.78 is 7.49. The largest absolute Gasteiger partial charge is 0.417 e. The standard InChI is InChI=1S/C27H26N2O3/c1-4-13-24-25(22-18-11-12-19-23(22)29(24)31-3)26(20-14-7-5-8-15-20)28(2)27(30)32-21-16-9-6-10-17-21/h4-12,14-19,26H,1,13H2,2-3H3. The van der Waals surface area contributed by atoms with Crippen LogP contribution in [0.1, 0.15) is 22.9 Å². The van der Waals surface area contributed by atoms with E-state index in [9.17, 15) is 4.79 Å². The third-order valence-corrected chi connectivity index (χ3v) is 5.50. The molecule has 1 atom stereocenters. The number of ether oxygens (including phenoxy) is 1. The van der Waals surface area contributed by atoms with E-state index in [1.165, 1.54) is 0 Å². The molecule has 32 heavy (non-hydrogen) atoms. The Balaban J connectivity index is 1.88. The topological polar surface area (TPSA) is 43.7 Å². The van der Waals surface area contributed by atoms with Gasteiger partial charge in [0.1, 0.15) is 12.9 Å². The number of rotatable bonds is 7. The summed E-state index contributed by atoms with van der Waals surface area (Å²) in [6, 6.07) is 26.7. The van der Waals surface area contributed by atoms with Gasteiger partial charge in [-0.25, -0.2) is 4.79 Å². The zero-order valence-electron chi connectivity index (χ0n) is 18.3. The number of benzene rings is 3. The first-order valence-corrected chi connectivity index (χ1v) is 10.5. The number of allylic oxidation sites excluding steroid dienone is 1. The molecule has 0 N–H and O–H groups in total. The molecular formula is C27H26N2O3. The van der Waals surface area contributed by atoms with Crippen LogP contribution in [0.2, 0.25) is 0 Å². The van der Waals surface area contributed by atoms with E-state index in [0.717, 1.165) is 27.7 Å². The SMILES string of the molecule is C=CCc1c(C(c2ccccc2)N(C)C(=O)Oc2ccccc2)c2ccccc2n1OC. The molecule has 5 nitrogen and oxygen atoms in total. The number of fused-ring (bicyclic) bond motifs is 1. The summed E-state index contributed by atoms with van der Waals surface area (Å²) in [4.78, 5) is 20.6. The van der Waals surface area contributed by atoms with Crippen molar-refractivity contribution in [2.45, 2.75) is 12.5 Å². The van der Waals surface area contributed by atoms with Crippen molar-refractivity contribution in [1.29, 1.82) is 0 Å². The van der Waals surface area contributed by atoms with Crippen LogP contribution in [0.4, 0.5) is 4.79 Å². The summed E-state index contributed by atoms with van der Waals surface area (Å²) in [5, 5.41) is 1.01. The smallest absolute Gasteiger partial charge is 0.415 e. The van der Waals surface area contributed by atoms with Crippen LogP contribution in [0.15, 0.2) is 97.6 Å². The minimum absolute atomic E-state index is 0.385. The second kappa shape index (κ2) is 9.43. The Kier molecular flexibility index (Phi) is 6.26. The molecule has 1 aromatic heterocycles. The first-order valence-electron chi connectivity index (χ1n) is 10.5. The predicted molar refractivity (Wildman–Crippen MR) is 127 cm³/mol. The summed E-state index contributed by atoms with van der Waals surface area (Å²) in [7, 11) is 3.41. The average Bonchev–Trinajstić information content (AvgIpc) is 3.14. The zero-order valence-corrected chi connectivity index (χ0v) is 18.3. The average molecular weight is 427 g/mol. The van der Waals surface area contributed by atoms with Crippen molar-refractivity contribution in [2.24, 2.45) is 0 Å². The maximum atomic E-state index is 13.2. The van der Waals surface area contributed by atoms with Crippen molar-refractivity contribution < 1.29 is 14.4 Å². The van der Waals surface area contributed by atoms with Crippen molar-refractivity contribution in [3.8, 4) is 5.75 Å². The Bertz CT molecular complexity index is 1220. The van der Waals surface area contributed by atoms with Crippen molar-refractivity contribution >= 4 is 17.0 Å². The number of carbonyl (C=O) groups is 1. The van der Waals surface area contributed by atoms with Crippen LogP contribution in [-0.2, 0) is 6.42 Å². The van der Waals surface area contributed by atoms with Gasteiger partial charge in [0.15, 0.2) is 0 Å². The number of amides is 1. The van der Waals surface area contributed by atoms with Gasteiger partial charge in [0.05, 0.1) is 17.3 Å². The first-order chi connectivity index (χ1) is 15.7. The van der Waals surface area contributed by atoms with Gasteiger partial charge < -0.3 is 9.57 Å². The predicted octanol–water partition coefficient (Wildman–Crippen LogP) is 5.65. The lowest BCUT2D eigenvalue weighted by molar-refractivity contribution is 0.150.